The lowest BCUT2D eigenvalue weighted by atomic mass is 10.0. The first-order valence-corrected chi connectivity index (χ1v) is 8.30. The van der Waals surface area contributed by atoms with Crippen LogP contribution in [0.15, 0.2) is 47.8 Å². The molecule has 0 aliphatic heterocycles. The molecule has 0 N–H and O–H groups in total. The molecule has 0 aliphatic carbocycles. The minimum atomic E-state index is 1.28. The van der Waals surface area contributed by atoms with Gasteiger partial charge in [0.05, 0.1) is 14.8 Å². The molecular weight excluding hydrogens is 282 g/mol. The summed E-state index contributed by atoms with van der Waals surface area (Å²) in [6.45, 7) is 2.17. The van der Waals surface area contributed by atoms with Gasteiger partial charge in [-0.15, -0.1) is 11.3 Å². The van der Waals surface area contributed by atoms with Gasteiger partial charge in [0.25, 0.3) is 4.83 Å². The Morgan fingerprint density at radius 3 is 2.70 bits per heavy atom. The Balaban J connectivity index is 2.06. The molecule has 1 aromatic carbocycles. The smallest absolute Gasteiger partial charge is 0.185 e. The summed E-state index contributed by atoms with van der Waals surface area (Å²) in [6.07, 6.45) is 0. The molecular formula is C17H14NS2+. The van der Waals surface area contributed by atoms with Crippen LogP contribution in [0.5, 0.6) is 0 Å². The molecule has 0 aliphatic rings. The van der Waals surface area contributed by atoms with Gasteiger partial charge in [0.1, 0.15) is 7.05 Å². The number of hydrogen-bond acceptors (Lipinski definition) is 2. The van der Waals surface area contributed by atoms with Crippen LogP contribution >= 0.6 is 22.7 Å². The van der Waals surface area contributed by atoms with Gasteiger partial charge in [0.2, 0.25) is 5.69 Å². The Bertz CT molecular complexity index is 931. The molecule has 0 bridgehead atoms. The zero-order valence-electron chi connectivity index (χ0n) is 11.4. The second-order valence-electron chi connectivity index (χ2n) is 5.03. The van der Waals surface area contributed by atoms with Gasteiger partial charge >= 0.3 is 0 Å². The predicted octanol–water partition coefficient (Wildman–Crippen LogP) is 4.92. The van der Waals surface area contributed by atoms with E-state index in [9.17, 15) is 0 Å². The van der Waals surface area contributed by atoms with Crippen molar-refractivity contribution in [2.45, 2.75) is 6.92 Å². The number of aryl methyl sites for hydroxylation is 2. The van der Waals surface area contributed by atoms with Crippen LogP contribution in [0.25, 0.3) is 30.9 Å². The Hall–Kier alpha value is -1.71. The molecule has 0 atom stereocenters. The molecule has 20 heavy (non-hydrogen) atoms. The molecule has 4 aromatic rings. The molecule has 3 aromatic heterocycles. The lowest BCUT2D eigenvalue weighted by Crippen LogP contribution is -2.31. The second kappa shape index (κ2) is 4.40. The van der Waals surface area contributed by atoms with Crippen molar-refractivity contribution in [2.24, 2.45) is 7.05 Å². The van der Waals surface area contributed by atoms with Gasteiger partial charge in [-0.2, -0.15) is 4.57 Å². The van der Waals surface area contributed by atoms with E-state index in [0.717, 1.165) is 0 Å². The molecule has 4 rings (SSSR count). The maximum atomic E-state index is 2.33. The van der Waals surface area contributed by atoms with Crippen LogP contribution in [-0.2, 0) is 7.05 Å². The molecule has 0 unspecified atom stereocenters. The standard InChI is InChI=1S/C17H14NS2/c1-11-5-3-4-6-12(11)14-8-7-13-16-15(9-10-19-16)20-17(13)18(14)2/h3-10H,1-2H3/q+1. The van der Waals surface area contributed by atoms with E-state index in [-0.39, 0.29) is 0 Å². The minimum Gasteiger partial charge on any atom is -0.185 e. The number of nitrogens with zero attached hydrogens (tertiary/aromatic N) is 1. The van der Waals surface area contributed by atoms with Gasteiger partial charge in [-0.3, -0.25) is 0 Å². The third-order valence-electron chi connectivity index (χ3n) is 3.81. The fraction of sp³-hybridized carbons (Fsp3) is 0.118. The van der Waals surface area contributed by atoms with Crippen LogP contribution in [0, 0.1) is 6.92 Å². The molecule has 98 valence electrons. The maximum Gasteiger partial charge on any atom is 0.271 e. The summed E-state index contributed by atoms with van der Waals surface area (Å²) in [6, 6.07) is 15.3. The number of pyridine rings is 1. The fourth-order valence-electron chi connectivity index (χ4n) is 2.74. The molecule has 3 heteroatoms. The summed E-state index contributed by atoms with van der Waals surface area (Å²) in [5.74, 6) is 0. The Kier molecular flexibility index (Phi) is 2.65. The highest BCUT2D eigenvalue weighted by Crippen LogP contribution is 2.36. The van der Waals surface area contributed by atoms with Crippen molar-refractivity contribution in [1.82, 2.24) is 0 Å². The quantitative estimate of drug-likeness (QED) is 0.439. The van der Waals surface area contributed by atoms with Crippen molar-refractivity contribution >= 4 is 42.3 Å². The third kappa shape index (κ3) is 1.63. The molecule has 0 spiro atoms. The van der Waals surface area contributed by atoms with Crippen LogP contribution in [0.2, 0.25) is 0 Å². The Morgan fingerprint density at radius 2 is 1.85 bits per heavy atom. The largest absolute Gasteiger partial charge is 0.271 e. The van der Waals surface area contributed by atoms with Crippen molar-refractivity contribution in [2.75, 3.05) is 0 Å². The lowest BCUT2D eigenvalue weighted by molar-refractivity contribution is -0.631. The van der Waals surface area contributed by atoms with E-state index in [2.05, 4.69) is 66.4 Å². The van der Waals surface area contributed by atoms with E-state index in [0.29, 0.717) is 0 Å². The molecule has 0 saturated carbocycles. The zero-order chi connectivity index (χ0) is 13.7. The predicted molar refractivity (Wildman–Crippen MR) is 88.6 cm³/mol. The summed E-state index contributed by atoms with van der Waals surface area (Å²) in [4.78, 5) is 1.35. The van der Waals surface area contributed by atoms with Gasteiger partial charge < -0.3 is 0 Å². The molecule has 0 saturated heterocycles. The Labute approximate surface area is 125 Å². The molecule has 0 radical (unpaired) electrons. The van der Waals surface area contributed by atoms with Crippen LogP contribution in [0.3, 0.4) is 0 Å². The number of hydrogen-bond donors (Lipinski definition) is 0. The highest BCUT2D eigenvalue weighted by atomic mass is 32.1. The van der Waals surface area contributed by atoms with Gasteiger partial charge in [0, 0.05) is 11.6 Å². The van der Waals surface area contributed by atoms with Crippen LogP contribution in [0.1, 0.15) is 5.56 Å². The zero-order valence-corrected chi connectivity index (χ0v) is 13.0. The van der Waals surface area contributed by atoms with E-state index in [1.165, 1.54) is 36.4 Å². The van der Waals surface area contributed by atoms with Crippen molar-refractivity contribution in [1.29, 1.82) is 0 Å². The maximum absolute atomic E-state index is 2.33. The number of aromatic nitrogens is 1. The topological polar surface area (TPSA) is 3.88 Å². The lowest BCUT2D eigenvalue weighted by Gasteiger charge is -2.04. The fourth-order valence-corrected chi connectivity index (χ4v) is 5.04. The highest BCUT2D eigenvalue weighted by molar-refractivity contribution is 7.31. The van der Waals surface area contributed by atoms with Crippen molar-refractivity contribution < 1.29 is 4.57 Å². The number of thiophene rings is 2. The Morgan fingerprint density at radius 1 is 1.00 bits per heavy atom. The van der Waals surface area contributed by atoms with Crippen molar-refractivity contribution in [3.05, 3.63) is 53.4 Å². The minimum absolute atomic E-state index is 1.28. The van der Waals surface area contributed by atoms with Gasteiger partial charge in [-0.1, -0.05) is 29.5 Å². The molecule has 0 amide bonds. The summed E-state index contributed by atoms with van der Waals surface area (Å²) in [7, 11) is 2.17. The van der Waals surface area contributed by atoms with Crippen LogP contribution in [-0.4, -0.2) is 0 Å². The normalized spacial score (nSPS) is 11.5. The second-order valence-corrected chi connectivity index (χ2v) is 6.97. The first-order valence-electron chi connectivity index (χ1n) is 6.60. The van der Waals surface area contributed by atoms with Crippen molar-refractivity contribution in [3.8, 4) is 11.3 Å². The van der Waals surface area contributed by atoms with Crippen molar-refractivity contribution in [3.63, 3.8) is 0 Å². The monoisotopic (exact) mass is 296 g/mol. The number of benzene rings is 1. The average Bonchev–Trinajstić information content (AvgIpc) is 3.02. The average molecular weight is 296 g/mol. The van der Waals surface area contributed by atoms with E-state index in [4.69, 9.17) is 0 Å². The van der Waals surface area contributed by atoms with E-state index >= 15 is 0 Å². The van der Waals surface area contributed by atoms with E-state index in [1.807, 2.05) is 22.7 Å². The van der Waals surface area contributed by atoms with E-state index in [1.54, 1.807) is 0 Å². The molecule has 0 fully saturated rings. The first-order chi connectivity index (χ1) is 9.75. The van der Waals surface area contributed by atoms with Crippen LogP contribution in [0.4, 0.5) is 0 Å². The van der Waals surface area contributed by atoms with Gasteiger partial charge in [0.15, 0.2) is 0 Å². The summed E-state index contributed by atoms with van der Waals surface area (Å²) >= 11 is 3.72. The number of rotatable bonds is 1. The SMILES string of the molecule is Cc1ccccc1-c1ccc2c3sccc3sc2[n+]1C. The van der Waals surface area contributed by atoms with Gasteiger partial charge in [-0.05, 0) is 36.1 Å². The van der Waals surface area contributed by atoms with Crippen LogP contribution < -0.4 is 4.57 Å². The number of fused-ring (bicyclic) bond motifs is 3. The summed E-state index contributed by atoms with van der Waals surface area (Å²) < 4.78 is 5.13. The first kappa shape index (κ1) is 12.1. The highest BCUT2D eigenvalue weighted by Gasteiger charge is 2.19. The molecule has 1 nitrogen and oxygen atoms in total. The van der Waals surface area contributed by atoms with E-state index < -0.39 is 0 Å². The summed E-state index contributed by atoms with van der Waals surface area (Å²) in [5, 5.41) is 3.55. The third-order valence-corrected chi connectivity index (χ3v) is 6.13. The van der Waals surface area contributed by atoms with Gasteiger partial charge in [-0.25, -0.2) is 0 Å². The molecule has 3 heterocycles. The summed E-state index contributed by atoms with van der Waals surface area (Å²) in [5.41, 5.74) is 3.92.